The van der Waals surface area contributed by atoms with Gasteiger partial charge in [0.1, 0.15) is 6.10 Å². The molecule has 0 spiro atoms. The van der Waals surface area contributed by atoms with Crippen LogP contribution in [-0.2, 0) is 34.5 Å². The van der Waals surface area contributed by atoms with Crippen molar-refractivity contribution in [2.45, 2.75) is 24.9 Å². The summed E-state index contributed by atoms with van der Waals surface area (Å²) in [5.74, 6) is -0.769. The summed E-state index contributed by atoms with van der Waals surface area (Å²) in [6.45, 7) is 2.47. The van der Waals surface area contributed by atoms with Gasteiger partial charge in [0.25, 0.3) is 11.5 Å². The van der Waals surface area contributed by atoms with E-state index in [1.807, 2.05) is 0 Å². The van der Waals surface area contributed by atoms with E-state index in [-0.39, 0.29) is 17.1 Å². The van der Waals surface area contributed by atoms with Gasteiger partial charge in [0.2, 0.25) is 11.7 Å². The average molecular weight is 555 g/mol. The van der Waals surface area contributed by atoms with E-state index in [0.717, 1.165) is 0 Å². The number of morpholine rings is 1. The van der Waals surface area contributed by atoms with Crippen LogP contribution in [0.25, 0.3) is 11.2 Å². The van der Waals surface area contributed by atoms with E-state index in [2.05, 4.69) is 19.2 Å². The number of nitrogen functional groups attached to an aromatic ring is 1. The summed E-state index contributed by atoms with van der Waals surface area (Å²) in [6, 6.07) is 0. The molecular formula is C17H29N6O11P2+. The van der Waals surface area contributed by atoms with E-state index in [9.17, 15) is 23.9 Å². The highest BCUT2D eigenvalue weighted by molar-refractivity contribution is 7.60. The number of phosphoric ester groups is 1. The lowest BCUT2D eigenvalue weighted by Crippen LogP contribution is -2.45. The van der Waals surface area contributed by atoms with Crippen molar-refractivity contribution in [3.05, 3.63) is 16.7 Å². The molecule has 0 radical (unpaired) electrons. The van der Waals surface area contributed by atoms with Crippen LogP contribution in [0, 0.1) is 5.92 Å². The van der Waals surface area contributed by atoms with E-state index in [1.165, 1.54) is 15.5 Å². The molecule has 0 aromatic carbocycles. The van der Waals surface area contributed by atoms with Gasteiger partial charge in [0.05, 0.1) is 33.0 Å². The highest BCUT2D eigenvalue weighted by Gasteiger charge is 2.48. The van der Waals surface area contributed by atoms with Crippen LogP contribution in [0.2, 0.25) is 0 Å². The number of anilines is 1. The number of aliphatic hydroxyl groups excluding tert-OH is 1. The monoisotopic (exact) mass is 555 g/mol. The number of aromatic amines is 1. The maximum absolute atomic E-state index is 12.4. The number of phosphoric acid groups is 2. The summed E-state index contributed by atoms with van der Waals surface area (Å²) in [5.41, 5.74) is 5.53. The minimum absolute atomic E-state index is 0.139. The molecule has 2 aliphatic rings. The topological polar surface area (TPSA) is 236 Å². The van der Waals surface area contributed by atoms with Gasteiger partial charge < -0.3 is 35.0 Å². The van der Waals surface area contributed by atoms with Crippen molar-refractivity contribution >= 4 is 32.8 Å². The second kappa shape index (κ2) is 10.6. The number of H-pyrrole nitrogens is 1. The highest BCUT2D eigenvalue weighted by Crippen LogP contribution is 2.57. The predicted octanol–water partition coefficient (Wildman–Crippen LogP) is -2.05. The van der Waals surface area contributed by atoms with Gasteiger partial charge in [-0.25, -0.2) is 13.7 Å². The molecule has 2 fully saturated rings. The van der Waals surface area contributed by atoms with Crippen LogP contribution in [0.3, 0.4) is 0 Å². The van der Waals surface area contributed by atoms with Gasteiger partial charge in [-0.05, 0) is 13.0 Å². The first-order valence-electron chi connectivity index (χ1n) is 11.0. The molecule has 0 amide bonds. The summed E-state index contributed by atoms with van der Waals surface area (Å²) >= 11 is 0. The normalized spacial score (nSPS) is 27.5. The van der Waals surface area contributed by atoms with Crippen molar-refractivity contribution in [3.8, 4) is 0 Å². The number of aliphatic hydroxyl groups is 1. The Morgan fingerprint density at radius 1 is 1.31 bits per heavy atom. The SMILES string of the molecule is Cn1c[n+]([C@@H]2O[C@H](COP(=O)(O)OP(=O)(O)O)[C@@H](CCN3CCOCC3)[C@H]2O)c2nc(N)[nH]c(=O)c21. The van der Waals surface area contributed by atoms with Crippen molar-refractivity contribution < 1.29 is 51.8 Å². The van der Waals surface area contributed by atoms with Crippen molar-refractivity contribution in [1.29, 1.82) is 0 Å². The Labute approximate surface area is 204 Å². The number of nitrogens with zero attached hydrogens (tertiary/aromatic N) is 4. The van der Waals surface area contributed by atoms with E-state index in [4.69, 9.17) is 29.5 Å². The molecule has 36 heavy (non-hydrogen) atoms. The van der Waals surface area contributed by atoms with Gasteiger partial charge in [-0.3, -0.25) is 23.8 Å². The first-order valence-corrected chi connectivity index (χ1v) is 14.0. The third-order valence-electron chi connectivity index (χ3n) is 6.08. The molecule has 2 aliphatic heterocycles. The summed E-state index contributed by atoms with van der Waals surface area (Å²) in [4.78, 5) is 48.4. The highest BCUT2D eigenvalue weighted by atomic mass is 31.3. The molecule has 17 nitrogen and oxygen atoms in total. The third-order valence-corrected chi connectivity index (χ3v) is 8.23. The minimum atomic E-state index is -5.31. The number of fused-ring (bicyclic) bond motifs is 1. The van der Waals surface area contributed by atoms with Crippen LogP contribution in [0.5, 0.6) is 0 Å². The molecule has 4 heterocycles. The maximum atomic E-state index is 12.4. The Morgan fingerprint density at radius 2 is 2.00 bits per heavy atom. The molecule has 0 aliphatic carbocycles. The number of hydrogen-bond acceptors (Lipinski definition) is 11. The van der Waals surface area contributed by atoms with E-state index >= 15 is 0 Å². The molecule has 19 heteroatoms. The standard InChI is InChI=1S/C17H28N6O11P2/c1-21-9-23(14-12(21)15(25)20-17(18)19-14)16-13(24)10(2-3-22-4-6-31-7-5-22)11(33-16)8-32-36(29,30)34-35(26,27)28/h9-11,13,16,24H,2-8H2,1H3,(H5-,18,19,20,25,26,27,28,29,30)/p+1/t10-,11-,13-,16-/m1/s1. The first kappa shape index (κ1) is 27.3. The van der Waals surface area contributed by atoms with Gasteiger partial charge in [-0.1, -0.05) is 4.98 Å². The van der Waals surface area contributed by atoms with E-state index < -0.39 is 52.2 Å². The average Bonchev–Trinajstić information content (AvgIpc) is 3.26. The number of aromatic nitrogens is 4. The molecule has 2 aromatic rings. The number of rotatable bonds is 9. The lowest BCUT2D eigenvalue weighted by molar-refractivity contribution is -0.745. The zero-order chi connectivity index (χ0) is 26.3. The Bertz CT molecular complexity index is 1240. The van der Waals surface area contributed by atoms with Crippen LogP contribution < -0.4 is 15.9 Å². The third kappa shape index (κ3) is 6.20. The molecule has 0 saturated carbocycles. The number of nitrogens with two attached hydrogens (primary N) is 1. The molecule has 202 valence electrons. The Balaban J connectivity index is 1.59. The van der Waals surface area contributed by atoms with Gasteiger partial charge in [-0.15, -0.1) is 0 Å². The predicted molar refractivity (Wildman–Crippen MR) is 120 cm³/mol. The molecule has 5 atom stereocenters. The van der Waals surface area contributed by atoms with Crippen LogP contribution >= 0.6 is 15.6 Å². The van der Waals surface area contributed by atoms with Crippen molar-refractivity contribution in [2.24, 2.45) is 13.0 Å². The zero-order valence-electron chi connectivity index (χ0n) is 19.2. The number of imidazole rings is 1. The van der Waals surface area contributed by atoms with Crippen LogP contribution in [-0.4, -0.2) is 90.9 Å². The van der Waals surface area contributed by atoms with Crippen LogP contribution in [0.4, 0.5) is 5.95 Å². The second-order valence-corrected chi connectivity index (χ2v) is 11.4. The lowest BCUT2D eigenvalue weighted by Gasteiger charge is -2.29. The first-order chi connectivity index (χ1) is 16.8. The molecule has 2 saturated heterocycles. The number of ether oxygens (including phenoxy) is 2. The van der Waals surface area contributed by atoms with Crippen molar-refractivity contribution in [1.82, 2.24) is 19.4 Å². The van der Waals surface area contributed by atoms with Gasteiger partial charge in [0.15, 0.2) is 6.33 Å². The summed E-state index contributed by atoms with van der Waals surface area (Å²) in [5, 5.41) is 11.2. The largest absolute Gasteiger partial charge is 0.481 e. The molecule has 7 N–H and O–H groups in total. The smallest absolute Gasteiger partial charge is 0.386 e. The Hall–Kier alpha value is -1.75. The van der Waals surface area contributed by atoms with Crippen molar-refractivity contribution in [2.75, 3.05) is 45.2 Å². The van der Waals surface area contributed by atoms with Crippen LogP contribution in [0.1, 0.15) is 12.6 Å². The molecule has 1 unspecified atom stereocenters. The van der Waals surface area contributed by atoms with E-state index in [1.54, 1.807) is 7.05 Å². The maximum Gasteiger partial charge on any atom is 0.481 e. The van der Waals surface area contributed by atoms with E-state index in [0.29, 0.717) is 39.3 Å². The second-order valence-electron chi connectivity index (χ2n) is 8.56. The lowest BCUT2D eigenvalue weighted by atomic mass is 9.94. The fraction of sp³-hybridized carbons (Fsp3) is 0.706. The number of nitrogens with one attached hydrogen (secondary N) is 1. The quantitative estimate of drug-likeness (QED) is 0.144. The molecule has 2 aromatic heterocycles. The van der Waals surface area contributed by atoms with Crippen LogP contribution in [0.15, 0.2) is 11.1 Å². The Morgan fingerprint density at radius 3 is 2.67 bits per heavy atom. The fourth-order valence-electron chi connectivity index (χ4n) is 4.48. The fourth-order valence-corrected chi connectivity index (χ4v) is 6.08. The number of hydrogen-bond donors (Lipinski definition) is 6. The van der Waals surface area contributed by atoms with Gasteiger partial charge in [0, 0.05) is 19.0 Å². The molecule has 4 rings (SSSR count). The summed E-state index contributed by atoms with van der Waals surface area (Å²) in [6.07, 6.45) is -1.34. The summed E-state index contributed by atoms with van der Waals surface area (Å²) in [7, 11) is -8.84. The molecule has 0 bridgehead atoms. The van der Waals surface area contributed by atoms with Gasteiger partial charge >= 0.3 is 21.3 Å². The van der Waals surface area contributed by atoms with Gasteiger partial charge in [-0.2, -0.15) is 4.31 Å². The minimum Gasteiger partial charge on any atom is -0.386 e. The summed E-state index contributed by atoms with van der Waals surface area (Å²) < 4.78 is 45.9. The number of aryl methyl sites for hydroxylation is 1. The molecular weight excluding hydrogens is 526 g/mol. The zero-order valence-corrected chi connectivity index (χ0v) is 21.0. The Kier molecular flexibility index (Phi) is 8.00. The van der Waals surface area contributed by atoms with Crippen molar-refractivity contribution in [3.63, 3.8) is 0 Å².